The monoisotopic (exact) mass is 355 g/mol. The fraction of sp³-hybridized carbons (Fsp3) is 0.267. The van der Waals surface area contributed by atoms with E-state index in [0.717, 1.165) is 12.1 Å². The molecule has 2 N–H and O–H groups in total. The minimum Gasteiger partial charge on any atom is -0.488 e. The number of fused-ring (bicyclic) bond motifs is 1. The first-order valence-electron chi connectivity index (χ1n) is 7.13. The van der Waals surface area contributed by atoms with Gasteiger partial charge < -0.3 is 14.6 Å². The molecule has 2 aromatic rings. The third kappa shape index (κ3) is 3.04. The first kappa shape index (κ1) is 16.6. The molecule has 0 saturated heterocycles. The third-order valence-electron chi connectivity index (χ3n) is 3.48. The number of carbonyl (C=O) groups excluding carboxylic acids is 1. The lowest BCUT2D eigenvalue weighted by molar-refractivity contribution is 0.101. The fourth-order valence-corrected chi connectivity index (χ4v) is 3.50. The predicted octanol–water partition coefficient (Wildman–Crippen LogP) is 1.95. The lowest BCUT2D eigenvalue weighted by Gasteiger charge is -2.11. The Bertz CT molecular complexity index is 838. The van der Waals surface area contributed by atoms with E-state index in [1.165, 1.54) is 16.8 Å². The minimum atomic E-state index is -1.51. The molecule has 128 valence electrons. The molecule has 6 nitrogen and oxygen atoms in total. The first-order chi connectivity index (χ1) is 11.4. The molecule has 1 aliphatic rings. The van der Waals surface area contributed by atoms with Crippen molar-refractivity contribution in [3.8, 4) is 5.75 Å². The van der Waals surface area contributed by atoms with Gasteiger partial charge in [0.15, 0.2) is 23.1 Å². The van der Waals surface area contributed by atoms with Gasteiger partial charge >= 0.3 is 0 Å². The maximum atomic E-state index is 13.3. The second-order valence-electron chi connectivity index (χ2n) is 5.46. The van der Waals surface area contributed by atoms with Gasteiger partial charge in [-0.25, -0.2) is 17.7 Å². The third-order valence-corrected chi connectivity index (χ3v) is 4.79. The molecule has 24 heavy (non-hydrogen) atoms. The fourth-order valence-electron chi connectivity index (χ4n) is 2.36. The highest BCUT2D eigenvalue weighted by Gasteiger charge is 2.28. The van der Waals surface area contributed by atoms with Crippen molar-refractivity contribution in [1.82, 2.24) is 9.29 Å². The Morgan fingerprint density at radius 3 is 2.88 bits per heavy atom. The maximum Gasteiger partial charge on any atom is 0.276 e. The molecule has 1 aliphatic heterocycles. The van der Waals surface area contributed by atoms with E-state index in [2.05, 4.69) is 10.0 Å². The highest BCUT2D eigenvalue weighted by Crippen LogP contribution is 2.31. The number of ether oxygens (including phenoxy) is 1. The van der Waals surface area contributed by atoms with E-state index in [1.54, 1.807) is 7.05 Å². The Morgan fingerprint density at radius 1 is 1.42 bits per heavy atom. The molecule has 1 aromatic heterocycles. The average Bonchev–Trinajstić information content (AvgIpc) is 2.78. The Balaban J connectivity index is 1.93. The Hall–Kier alpha value is -2.26. The van der Waals surface area contributed by atoms with Crippen LogP contribution in [0.5, 0.6) is 5.75 Å². The molecule has 0 saturated carbocycles. The molecule has 3 rings (SSSR count). The lowest BCUT2D eigenvalue weighted by Crippen LogP contribution is -2.30. The summed E-state index contributed by atoms with van der Waals surface area (Å²) in [6.07, 6.45) is 1.54. The smallest absolute Gasteiger partial charge is 0.276 e. The van der Waals surface area contributed by atoms with Gasteiger partial charge in [-0.15, -0.1) is 0 Å². The SMILES string of the molecule is CC1COc2c(cn(C)c2C(=O)Nc2ccc(F)c(F)c2)S(=O)N1. The zero-order valence-corrected chi connectivity index (χ0v) is 13.7. The number of hydrogen-bond acceptors (Lipinski definition) is 3. The van der Waals surface area contributed by atoms with Crippen molar-refractivity contribution in [3.63, 3.8) is 0 Å². The van der Waals surface area contributed by atoms with E-state index in [9.17, 15) is 17.8 Å². The van der Waals surface area contributed by atoms with E-state index in [1.807, 2.05) is 6.92 Å². The number of benzene rings is 1. The van der Waals surface area contributed by atoms with Crippen LogP contribution in [0.1, 0.15) is 17.4 Å². The van der Waals surface area contributed by atoms with Crippen LogP contribution >= 0.6 is 0 Å². The molecule has 0 bridgehead atoms. The van der Waals surface area contributed by atoms with Crippen molar-refractivity contribution in [2.24, 2.45) is 7.05 Å². The minimum absolute atomic E-state index is 0.107. The van der Waals surface area contributed by atoms with Crippen LogP contribution < -0.4 is 14.8 Å². The second-order valence-corrected chi connectivity index (χ2v) is 6.68. The highest BCUT2D eigenvalue weighted by atomic mass is 32.2. The van der Waals surface area contributed by atoms with Gasteiger partial charge in [0.05, 0.1) is 6.04 Å². The average molecular weight is 355 g/mol. The van der Waals surface area contributed by atoms with Gasteiger partial charge in [0.1, 0.15) is 22.5 Å². The molecule has 0 aliphatic carbocycles. The van der Waals surface area contributed by atoms with Crippen LogP contribution in [0.15, 0.2) is 29.3 Å². The number of anilines is 1. The molecule has 9 heteroatoms. The summed E-state index contributed by atoms with van der Waals surface area (Å²) in [5.41, 5.74) is 0.258. The van der Waals surface area contributed by atoms with E-state index in [4.69, 9.17) is 4.74 Å². The summed E-state index contributed by atoms with van der Waals surface area (Å²) in [6.45, 7) is 2.05. The molecular formula is C15H15F2N3O3S. The molecule has 2 atom stereocenters. The van der Waals surface area contributed by atoms with Gasteiger partial charge in [-0.1, -0.05) is 0 Å². The normalized spacial score (nSPS) is 20.0. The molecular weight excluding hydrogens is 340 g/mol. The summed E-state index contributed by atoms with van der Waals surface area (Å²) in [5.74, 6) is -2.42. The number of nitrogens with zero attached hydrogens (tertiary/aromatic N) is 1. The molecule has 0 spiro atoms. The summed E-state index contributed by atoms with van der Waals surface area (Å²) in [7, 11) is 0.103. The van der Waals surface area contributed by atoms with Crippen molar-refractivity contribution in [2.75, 3.05) is 11.9 Å². The Kier molecular flexibility index (Phi) is 4.37. The van der Waals surface area contributed by atoms with Crippen molar-refractivity contribution in [2.45, 2.75) is 17.9 Å². The van der Waals surface area contributed by atoms with Gasteiger partial charge in [0.25, 0.3) is 5.91 Å². The lowest BCUT2D eigenvalue weighted by atomic mass is 10.2. The molecule has 0 fully saturated rings. The van der Waals surface area contributed by atoms with Gasteiger partial charge in [-0.05, 0) is 19.1 Å². The van der Waals surface area contributed by atoms with Gasteiger partial charge in [0, 0.05) is 25.0 Å². The quantitative estimate of drug-likeness (QED) is 0.865. The second kappa shape index (κ2) is 6.33. The van der Waals surface area contributed by atoms with E-state index >= 15 is 0 Å². The Labute approximate surface area is 139 Å². The van der Waals surface area contributed by atoms with Crippen LogP contribution in [0.4, 0.5) is 14.5 Å². The van der Waals surface area contributed by atoms with Crippen molar-refractivity contribution in [1.29, 1.82) is 0 Å². The first-order valence-corrected chi connectivity index (χ1v) is 8.28. The number of halogens is 2. The van der Waals surface area contributed by atoms with E-state index in [-0.39, 0.29) is 29.8 Å². The van der Waals surface area contributed by atoms with Gasteiger partial charge in [-0.2, -0.15) is 0 Å². The van der Waals surface area contributed by atoms with Gasteiger partial charge in [-0.3, -0.25) is 4.79 Å². The van der Waals surface area contributed by atoms with Crippen LogP contribution in [-0.2, 0) is 18.0 Å². The number of aromatic nitrogens is 1. The molecule has 1 aromatic carbocycles. The number of nitrogens with one attached hydrogen (secondary N) is 2. The molecule has 2 heterocycles. The topological polar surface area (TPSA) is 72.4 Å². The number of hydrogen-bond donors (Lipinski definition) is 2. The maximum absolute atomic E-state index is 13.3. The van der Waals surface area contributed by atoms with E-state index < -0.39 is 28.5 Å². The number of aryl methyl sites for hydroxylation is 1. The zero-order chi connectivity index (χ0) is 17.4. The summed E-state index contributed by atoms with van der Waals surface area (Å²) >= 11 is 0. The molecule has 2 unspecified atom stereocenters. The van der Waals surface area contributed by atoms with Crippen molar-refractivity contribution in [3.05, 3.63) is 41.7 Å². The van der Waals surface area contributed by atoms with Crippen LogP contribution in [0.25, 0.3) is 0 Å². The summed E-state index contributed by atoms with van der Waals surface area (Å²) in [5, 5.41) is 2.48. The largest absolute Gasteiger partial charge is 0.488 e. The number of carbonyl (C=O) groups is 1. The standard InChI is InChI=1S/C15H15F2N3O3S/c1-8-7-23-14-12(24(22)19-8)6-20(2)13(14)15(21)18-9-3-4-10(16)11(17)5-9/h3-6,8,19H,7H2,1-2H3,(H,18,21). The van der Waals surface area contributed by atoms with Gasteiger partial charge in [0.2, 0.25) is 0 Å². The van der Waals surface area contributed by atoms with Crippen LogP contribution in [0.3, 0.4) is 0 Å². The summed E-state index contributed by atoms with van der Waals surface area (Å²) < 4.78 is 48.4. The van der Waals surface area contributed by atoms with Crippen LogP contribution in [0, 0.1) is 11.6 Å². The zero-order valence-electron chi connectivity index (χ0n) is 12.9. The van der Waals surface area contributed by atoms with Crippen molar-refractivity contribution < 1.29 is 22.5 Å². The van der Waals surface area contributed by atoms with E-state index in [0.29, 0.717) is 4.90 Å². The van der Waals surface area contributed by atoms with Crippen LogP contribution in [-0.4, -0.2) is 27.3 Å². The molecule has 1 amide bonds. The predicted molar refractivity (Wildman–Crippen MR) is 84.2 cm³/mol. The number of amides is 1. The molecule has 0 radical (unpaired) electrons. The Morgan fingerprint density at radius 2 is 2.17 bits per heavy atom. The summed E-state index contributed by atoms with van der Waals surface area (Å²) in [6, 6.07) is 2.91. The van der Waals surface area contributed by atoms with Crippen molar-refractivity contribution >= 4 is 22.6 Å². The highest BCUT2D eigenvalue weighted by molar-refractivity contribution is 7.83. The van der Waals surface area contributed by atoms with Crippen LogP contribution in [0.2, 0.25) is 0 Å². The summed E-state index contributed by atoms with van der Waals surface area (Å²) in [4.78, 5) is 12.9. The number of rotatable bonds is 2.